The molecule has 4 heteroatoms. The van der Waals surface area contributed by atoms with E-state index in [2.05, 4.69) is 6.58 Å². The lowest BCUT2D eigenvalue weighted by Crippen LogP contribution is -2.20. The summed E-state index contributed by atoms with van der Waals surface area (Å²) in [6, 6.07) is 0. The first kappa shape index (κ1) is 9.55. The maximum atomic E-state index is 10.9. The van der Waals surface area contributed by atoms with Gasteiger partial charge in [-0.15, -0.1) is 0 Å². The summed E-state index contributed by atoms with van der Waals surface area (Å²) in [7, 11) is 3.15. The molecule has 0 heterocycles. The van der Waals surface area contributed by atoms with Gasteiger partial charge in [0.1, 0.15) is 5.76 Å². The van der Waals surface area contributed by atoms with E-state index in [1.54, 1.807) is 14.1 Å². The van der Waals surface area contributed by atoms with Gasteiger partial charge in [0, 0.05) is 20.2 Å². The lowest BCUT2D eigenvalue weighted by molar-refractivity contribution is -0.123. The van der Waals surface area contributed by atoms with Crippen LogP contribution in [0.5, 0.6) is 0 Å². The van der Waals surface area contributed by atoms with Crippen molar-refractivity contribution in [2.75, 3.05) is 14.1 Å². The largest absolute Gasteiger partial charge is 0.506 e. The second-order valence-electron chi connectivity index (χ2n) is 2.29. The van der Waals surface area contributed by atoms with Crippen LogP contribution in [0.1, 0.15) is 0 Å². The zero-order valence-electron chi connectivity index (χ0n) is 6.66. The van der Waals surface area contributed by atoms with E-state index in [1.807, 2.05) is 0 Å². The average Bonchev–Trinajstić information content (AvgIpc) is 1.87. The molecule has 0 radical (unpaired) electrons. The van der Waals surface area contributed by atoms with Crippen LogP contribution in [0.3, 0.4) is 0 Å². The lowest BCUT2D eigenvalue weighted by atomic mass is 10.3. The van der Waals surface area contributed by atoms with E-state index in [-0.39, 0.29) is 17.4 Å². The highest BCUT2D eigenvalue weighted by Gasteiger charge is 2.02. The van der Waals surface area contributed by atoms with Crippen molar-refractivity contribution in [3.63, 3.8) is 0 Å². The molecule has 0 fully saturated rings. The molecular formula is C7H12N2O2. The fourth-order valence-corrected chi connectivity index (χ4v) is 0.339. The maximum Gasteiger partial charge on any atom is 0.249 e. The van der Waals surface area contributed by atoms with Crippen LogP contribution in [0.2, 0.25) is 0 Å². The molecule has 3 N–H and O–H groups in total. The number of amides is 1. The van der Waals surface area contributed by atoms with Crippen LogP contribution in [0.25, 0.3) is 0 Å². The van der Waals surface area contributed by atoms with Crippen LogP contribution >= 0.6 is 0 Å². The summed E-state index contributed by atoms with van der Waals surface area (Å²) in [6.45, 7) is 3.26. The minimum atomic E-state index is -0.325. The summed E-state index contributed by atoms with van der Waals surface area (Å²) in [4.78, 5) is 12.2. The number of carbonyl (C=O) groups is 1. The van der Waals surface area contributed by atoms with Gasteiger partial charge in [0.15, 0.2) is 0 Å². The van der Waals surface area contributed by atoms with Gasteiger partial charge >= 0.3 is 0 Å². The highest BCUT2D eigenvalue weighted by Crippen LogP contribution is 1.96. The number of nitrogens with two attached hydrogens (primary N) is 1. The molecule has 0 unspecified atom stereocenters. The van der Waals surface area contributed by atoms with Crippen molar-refractivity contribution in [3.8, 4) is 0 Å². The van der Waals surface area contributed by atoms with Crippen LogP contribution in [0, 0.1) is 0 Å². The summed E-state index contributed by atoms with van der Waals surface area (Å²) >= 11 is 0. The Morgan fingerprint density at radius 1 is 1.64 bits per heavy atom. The van der Waals surface area contributed by atoms with Gasteiger partial charge in [-0.25, -0.2) is 0 Å². The maximum absolute atomic E-state index is 10.9. The topological polar surface area (TPSA) is 66.6 Å². The molecule has 0 aliphatic rings. The van der Waals surface area contributed by atoms with Crippen molar-refractivity contribution in [1.82, 2.24) is 4.90 Å². The monoisotopic (exact) mass is 156 g/mol. The van der Waals surface area contributed by atoms with Gasteiger partial charge in [-0.1, -0.05) is 6.58 Å². The summed E-state index contributed by atoms with van der Waals surface area (Å²) in [5.41, 5.74) is 5.09. The highest BCUT2D eigenvalue weighted by molar-refractivity contribution is 5.88. The summed E-state index contributed by atoms with van der Waals surface area (Å²) in [5, 5.41) is 8.93. The third-order valence-corrected chi connectivity index (χ3v) is 1.03. The number of likely N-dealkylation sites (N-methyl/N-ethyl adjacent to an activating group) is 1. The number of aliphatic hydroxyl groups excluding tert-OH is 1. The first-order valence-corrected chi connectivity index (χ1v) is 3.02. The molecule has 0 saturated heterocycles. The Labute approximate surface area is 65.6 Å². The van der Waals surface area contributed by atoms with Crippen LogP contribution < -0.4 is 5.73 Å². The fraction of sp³-hybridized carbons (Fsp3) is 0.286. The number of nitrogens with zero attached hydrogens (tertiary/aromatic N) is 1. The molecule has 0 bridgehead atoms. The lowest BCUT2D eigenvalue weighted by Gasteiger charge is -2.06. The smallest absolute Gasteiger partial charge is 0.249 e. The Hall–Kier alpha value is -1.45. The molecule has 1 amide bonds. The van der Waals surface area contributed by atoms with E-state index in [4.69, 9.17) is 10.8 Å². The quantitative estimate of drug-likeness (QED) is 0.335. The minimum Gasteiger partial charge on any atom is -0.506 e. The zero-order valence-corrected chi connectivity index (χ0v) is 6.66. The average molecular weight is 156 g/mol. The molecule has 0 aromatic heterocycles. The van der Waals surface area contributed by atoms with E-state index in [0.717, 1.165) is 6.08 Å². The van der Waals surface area contributed by atoms with Crippen LogP contribution in [0.15, 0.2) is 24.1 Å². The predicted octanol–water partition coefficient (Wildman–Crippen LogP) is -0.0111. The molecule has 4 nitrogen and oxygen atoms in total. The molecule has 0 aliphatic carbocycles. The summed E-state index contributed by atoms with van der Waals surface area (Å²) in [5.74, 6) is -0.613. The Bertz CT molecular complexity index is 206. The predicted molar refractivity (Wildman–Crippen MR) is 42.7 cm³/mol. The molecule has 11 heavy (non-hydrogen) atoms. The van der Waals surface area contributed by atoms with E-state index in [0.29, 0.717) is 0 Å². The number of carbonyl (C=O) groups excluding carboxylic acids is 1. The van der Waals surface area contributed by atoms with Crippen molar-refractivity contribution in [1.29, 1.82) is 0 Å². The van der Waals surface area contributed by atoms with Crippen molar-refractivity contribution in [2.45, 2.75) is 0 Å². The van der Waals surface area contributed by atoms with E-state index >= 15 is 0 Å². The van der Waals surface area contributed by atoms with Crippen LogP contribution in [-0.4, -0.2) is 30.0 Å². The van der Waals surface area contributed by atoms with Gasteiger partial charge in [-0.05, 0) is 0 Å². The second-order valence-corrected chi connectivity index (χ2v) is 2.29. The Balaban J connectivity index is 4.32. The van der Waals surface area contributed by atoms with Crippen LogP contribution in [-0.2, 0) is 4.79 Å². The van der Waals surface area contributed by atoms with Gasteiger partial charge in [-0.2, -0.15) is 0 Å². The molecule has 62 valence electrons. The van der Waals surface area contributed by atoms with Gasteiger partial charge in [0.25, 0.3) is 0 Å². The number of aliphatic hydroxyl groups is 1. The highest BCUT2D eigenvalue weighted by atomic mass is 16.3. The zero-order chi connectivity index (χ0) is 9.02. The third-order valence-electron chi connectivity index (χ3n) is 1.03. The molecule has 0 saturated carbocycles. The second kappa shape index (κ2) is 3.65. The Kier molecular flexibility index (Phi) is 3.17. The minimum absolute atomic E-state index is 0.0137. The van der Waals surface area contributed by atoms with Gasteiger partial charge in [0.05, 0.1) is 5.70 Å². The first-order valence-electron chi connectivity index (χ1n) is 3.02. The summed E-state index contributed by atoms with van der Waals surface area (Å²) in [6.07, 6.45) is 1.02. The summed E-state index contributed by atoms with van der Waals surface area (Å²) < 4.78 is 0. The Morgan fingerprint density at radius 3 is 2.36 bits per heavy atom. The van der Waals surface area contributed by atoms with Crippen LogP contribution in [0.4, 0.5) is 0 Å². The van der Waals surface area contributed by atoms with Crippen molar-refractivity contribution >= 4 is 5.91 Å². The standard InChI is InChI=1S/C7H12N2O2/c1-5(8)6(10)4-7(11)9(2)3/h4,10H,1,8H2,2-3H3/b6-4-. The Morgan fingerprint density at radius 2 is 2.09 bits per heavy atom. The number of hydrogen-bond acceptors (Lipinski definition) is 3. The molecule has 0 atom stereocenters. The fourth-order valence-electron chi connectivity index (χ4n) is 0.339. The number of rotatable bonds is 2. The van der Waals surface area contributed by atoms with E-state index in [1.165, 1.54) is 4.90 Å². The third kappa shape index (κ3) is 3.30. The SMILES string of the molecule is C=C(N)/C(O)=C/C(=O)N(C)C. The number of hydrogen-bond donors (Lipinski definition) is 2. The molecule has 0 aliphatic heterocycles. The van der Waals surface area contributed by atoms with Gasteiger partial charge in [0.2, 0.25) is 5.91 Å². The molecular weight excluding hydrogens is 144 g/mol. The molecule has 0 aromatic carbocycles. The van der Waals surface area contributed by atoms with Crippen molar-refractivity contribution in [2.24, 2.45) is 5.73 Å². The molecule has 0 spiro atoms. The molecule has 0 aromatic rings. The van der Waals surface area contributed by atoms with Crippen molar-refractivity contribution in [3.05, 3.63) is 24.1 Å². The van der Waals surface area contributed by atoms with Gasteiger partial charge in [-0.3, -0.25) is 4.79 Å². The van der Waals surface area contributed by atoms with Crippen molar-refractivity contribution < 1.29 is 9.90 Å². The molecule has 0 rings (SSSR count). The van der Waals surface area contributed by atoms with E-state index in [9.17, 15) is 4.79 Å². The first-order chi connectivity index (χ1) is 4.95. The normalized spacial score (nSPS) is 10.9. The van der Waals surface area contributed by atoms with Gasteiger partial charge < -0.3 is 15.7 Å². The van der Waals surface area contributed by atoms with E-state index < -0.39 is 0 Å².